The van der Waals surface area contributed by atoms with Crippen LogP contribution in [0.2, 0.25) is 0 Å². The van der Waals surface area contributed by atoms with E-state index >= 15 is 0 Å². The van der Waals surface area contributed by atoms with E-state index in [-0.39, 0.29) is 18.4 Å². The van der Waals surface area contributed by atoms with E-state index in [0.717, 1.165) is 16.0 Å². The largest absolute Gasteiger partial charge is 0.375 e. The smallest absolute Gasteiger partial charge is 0.249 e. The number of nitriles is 1. The van der Waals surface area contributed by atoms with Crippen LogP contribution < -0.4 is 5.32 Å². The van der Waals surface area contributed by atoms with Crippen LogP contribution in [0.5, 0.6) is 0 Å². The normalized spacial score (nSPS) is 13.3. The minimum atomic E-state index is -0.318. The average Bonchev–Trinajstić information content (AvgIpc) is 3.03. The van der Waals surface area contributed by atoms with Gasteiger partial charge in [0.1, 0.15) is 17.7 Å². The van der Waals surface area contributed by atoms with Gasteiger partial charge in [0, 0.05) is 37.0 Å². The first kappa shape index (κ1) is 18.8. The summed E-state index contributed by atoms with van der Waals surface area (Å²) in [5, 5.41) is 12.8. The standard InChI is InChI=1S/C19H18N4O3S/c1-26-12-18(25)23-8-6-14-15(9-20)19(27-16(14)11-23)22-17(24)5-4-13-3-2-7-21-10-13/h2-5,7,10H,6,8,11-12H2,1H3,(H,22,24)/b5-4+. The Morgan fingerprint density at radius 3 is 3.07 bits per heavy atom. The van der Waals surface area contributed by atoms with Crippen molar-refractivity contribution in [1.82, 2.24) is 9.88 Å². The molecule has 0 bridgehead atoms. The number of rotatable bonds is 5. The molecule has 2 amide bonds. The van der Waals surface area contributed by atoms with Crippen LogP contribution >= 0.6 is 11.3 Å². The molecule has 0 aliphatic carbocycles. The van der Waals surface area contributed by atoms with Gasteiger partial charge in [0.2, 0.25) is 11.8 Å². The highest BCUT2D eigenvalue weighted by molar-refractivity contribution is 7.16. The zero-order valence-corrected chi connectivity index (χ0v) is 15.6. The number of fused-ring (bicyclic) bond motifs is 1. The molecule has 0 atom stereocenters. The molecule has 0 fully saturated rings. The van der Waals surface area contributed by atoms with Gasteiger partial charge in [-0.2, -0.15) is 5.26 Å². The molecule has 0 saturated carbocycles. The van der Waals surface area contributed by atoms with E-state index in [0.29, 0.717) is 30.1 Å². The fourth-order valence-electron chi connectivity index (χ4n) is 2.84. The van der Waals surface area contributed by atoms with E-state index < -0.39 is 0 Å². The molecule has 0 aromatic carbocycles. The highest BCUT2D eigenvalue weighted by Gasteiger charge is 2.27. The Bertz CT molecular complexity index is 915. The first-order chi connectivity index (χ1) is 13.1. The maximum Gasteiger partial charge on any atom is 0.249 e. The van der Waals surface area contributed by atoms with Crippen molar-refractivity contribution in [3.05, 3.63) is 52.2 Å². The van der Waals surface area contributed by atoms with Gasteiger partial charge in [-0.25, -0.2) is 0 Å². The topological polar surface area (TPSA) is 95.3 Å². The molecule has 2 aromatic rings. The number of carbonyl (C=O) groups excluding carboxylic acids is 2. The van der Waals surface area contributed by atoms with Crippen molar-refractivity contribution >= 4 is 34.2 Å². The first-order valence-electron chi connectivity index (χ1n) is 8.32. The van der Waals surface area contributed by atoms with Gasteiger partial charge >= 0.3 is 0 Å². The maximum atomic E-state index is 12.2. The number of aromatic nitrogens is 1. The number of anilines is 1. The van der Waals surface area contributed by atoms with Crippen LogP contribution in [0.1, 0.15) is 21.6 Å². The zero-order chi connectivity index (χ0) is 19.2. The molecule has 7 nitrogen and oxygen atoms in total. The van der Waals surface area contributed by atoms with Crippen LogP contribution in [-0.2, 0) is 27.3 Å². The summed E-state index contributed by atoms with van der Waals surface area (Å²) >= 11 is 1.34. The second kappa shape index (κ2) is 8.58. The van der Waals surface area contributed by atoms with E-state index in [1.807, 2.05) is 6.07 Å². The summed E-state index contributed by atoms with van der Waals surface area (Å²) in [4.78, 5) is 30.9. The van der Waals surface area contributed by atoms with Crippen LogP contribution in [0.25, 0.3) is 6.08 Å². The third kappa shape index (κ3) is 4.39. The van der Waals surface area contributed by atoms with Gasteiger partial charge in [-0.1, -0.05) is 6.07 Å². The lowest BCUT2D eigenvalue weighted by Crippen LogP contribution is -2.37. The van der Waals surface area contributed by atoms with Crippen LogP contribution in [-0.4, -0.2) is 42.0 Å². The number of nitrogens with zero attached hydrogens (tertiary/aromatic N) is 3. The van der Waals surface area contributed by atoms with Crippen LogP contribution in [0.4, 0.5) is 5.00 Å². The number of hydrogen-bond donors (Lipinski definition) is 1. The van der Waals surface area contributed by atoms with Crippen molar-refractivity contribution in [3.8, 4) is 6.07 Å². The molecule has 1 aliphatic heterocycles. The lowest BCUT2D eigenvalue weighted by atomic mass is 10.0. The molecule has 138 valence electrons. The lowest BCUT2D eigenvalue weighted by molar-refractivity contribution is -0.136. The molecule has 0 unspecified atom stereocenters. The molecule has 0 saturated heterocycles. The van der Waals surface area contributed by atoms with Crippen LogP contribution in [0, 0.1) is 11.3 Å². The molecule has 27 heavy (non-hydrogen) atoms. The molecular weight excluding hydrogens is 364 g/mol. The predicted octanol–water partition coefficient (Wildman–Crippen LogP) is 2.20. The number of amides is 2. The van der Waals surface area contributed by atoms with Gasteiger partial charge in [0.25, 0.3) is 0 Å². The number of hydrogen-bond acceptors (Lipinski definition) is 6. The van der Waals surface area contributed by atoms with E-state index in [4.69, 9.17) is 4.74 Å². The number of nitrogens with one attached hydrogen (secondary N) is 1. The molecule has 0 spiro atoms. The number of thiophene rings is 1. The number of carbonyl (C=O) groups is 2. The molecule has 3 heterocycles. The summed E-state index contributed by atoms with van der Waals surface area (Å²) in [7, 11) is 1.48. The third-order valence-corrected chi connectivity index (χ3v) is 5.27. The highest BCUT2D eigenvalue weighted by atomic mass is 32.1. The van der Waals surface area contributed by atoms with Crippen molar-refractivity contribution < 1.29 is 14.3 Å². The fourth-order valence-corrected chi connectivity index (χ4v) is 4.05. The summed E-state index contributed by atoms with van der Waals surface area (Å²) in [5.41, 5.74) is 2.21. The Morgan fingerprint density at radius 2 is 2.37 bits per heavy atom. The van der Waals surface area contributed by atoms with Crippen molar-refractivity contribution in [2.24, 2.45) is 0 Å². The van der Waals surface area contributed by atoms with Crippen LogP contribution in [0.15, 0.2) is 30.6 Å². The van der Waals surface area contributed by atoms with E-state index in [1.165, 1.54) is 24.5 Å². The Morgan fingerprint density at radius 1 is 1.52 bits per heavy atom. The molecule has 3 rings (SSSR count). The van der Waals surface area contributed by atoms with Crippen molar-refractivity contribution in [1.29, 1.82) is 5.26 Å². The van der Waals surface area contributed by atoms with E-state index in [1.54, 1.807) is 29.4 Å². The summed E-state index contributed by atoms with van der Waals surface area (Å²) in [5.74, 6) is -0.402. The number of methoxy groups -OCH3 is 1. The molecule has 1 aliphatic rings. The van der Waals surface area contributed by atoms with Gasteiger partial charge in [0.15, 0.2) is 0 Å². The summed E-state index contributed by atoms with van der Waals surface area (Å²) in [6.07, 6.45) is 6.97. The van der Waals surface area contributed by atoms with Crippen molar-refractivity contribution in [2.75, 3.05) is 25.6 Å². The summed E-state index contributed by atoms with van der Waals surface area (Å²) in [6, 6.07) is 5.81. The monoisotopic (exact) mass is 382 g/mol. The Balaban J connectivity index is 1.74. The van der Waals surface area contributed by atoms with Crippen LogP contribution in [0.3, 0.4) is 0 Å². The molecular formula is C19H18N4O3S. The zero-order valence-electron chi connectivity index (χ0n) is 14.8. The quantitative estimate of drug-likeness (QED) is 0.800. The fraction of sp³-hybridized carbons (Fsp3) is 0.263. The Kier molecular flexibility index (Phi) is 5.96. The predicted molar refractivity (Wildman–Crippen MR) is 102 cm³/mol. The minimum Gasteiger partial charge on any atom is -0.375 e. The average molecular weight is 382 g/mol. The maximum absolute atomic E-state index is 12.2. The van der Waals surface area contributed by atoms with Gasteiger partial charge in [-0.3, -0.25) is 14.6 Å². The molecule has 8 heteroatoms. The SMILES string of the molecule is COCC(=O)N1CCc2c(sc(NC(=O)/C=C/c3cccnc3)c2C#N)C1. The molecule has 0 radical (unpaired) electrons. The first-order valence-corrected chi connectivity index (χ1v) is 9.14. The molecule has 2 aromatic heterocycles. The minimum absolute atomic E-state index is 0.0363. The Labute approximate surface area is 160 Å². The van der Waals surface area contributed by atoms with Gasteiger partial charge in [-0.05, 0) is 29.7 Å². The summed E-state index contributed by atoms with van der Waals surface area (Å²) < 4.78 is 4.90. The second-order valence-electron chi connectivity index (χ2n) is 5.93. The number of ether oxygens (including phenoxy) is 1. The van der Waals surface area contributed by atoms with Crippen molar-refractivity contribution in [3.63, 3.8) is 0 Å². The summed E-state index contributed by atoms with van der Waals surface area (Å²) in [6.45, 7) is 1.00. The van der Waals surface area contributed by atoms with Gasteiger partial charge in [-0.15, -0.1) is 11.3 Å². The molecule has 1 N–H and O–H groups in total. The second-order valence-corrected chi connectivity index (χ2v) is 7.03. The highest BCUT2D eigenvalue weighted by Crippen LogP contribution is 2.36. The Hall–Kier alpha value is -3.02. The van der Waals surface area contributed by atoms with Crippen molar-refractivity contribution in [2.45, 2.75) is 13.0 Å². The van der Waals surface area contributed by atoms with E-state index in [9.17, 15) is 14.9 Å². The van der Waals surface area contributed by atoms with Gasteiger partial charge in [0.05, 0.1) is 12.1 Å². The van der Waals surface area contributed by atoms with Gasteiger partial charge < -0.3 is 15.0 Å². The lowest BCUT2D eigenvalue weighted by Gasteiger charge is -2.26. The number of pyridine rings is 1. The third-order valence-electron chi connectivity index (χ3n) is 4.14. The van der Waals surface area contributed by atoms with E-state index in [2.05, 4.69) is 16.4 Å².